The van der Waals surface area contributed by atoms with Crippen molar-refractivity contribution in [2.75, 3.05) is 24.7 Å². The van der Waals surface area contributed by atoms with E-state index in [4.69, 9.17) is 10.5 Å². The molecule has 7 nitrogen and oxygen atoms in total. The van der Waals surface area contributed by atoms with Crippen molar-refractivity contribution in [3.8, 4) is 5.75 Å². The lowest BCUT2D eigenvalue weighted by molar-refractivity contribution is 0.328. The van der Waals surface area contributed by atoms with Crippen LogP contribution < -0.4 is 15.2 Å². The van der Waals surface area contributed by atoms with Crippen LogP contribution >= 0.6 is 0 Å². The fourth-order valence-corrected chi connectivity index (χ4v) is 5.12. The van der Waals surface area contributed by atoms with Crippen molar-refractivity contribution < 1.29 is 21.6 Å². The Morgan fingerprint density at radius 1 is 1.29 bits per heavy atom. The summed E-state index contributed by atoms with van der Waals surface area (Å²) >= 11 is 0. The normalized spacial score (nSPS) is 21.3. The second-order valence-electron chi connectivity index (χ2n) is 4.83. The minimum atomic E-state index is -3.73. The van der Waals surface area contributed by atoms with Crippen molar-refractivity contribution in [3.63, 3.8) is 0 Å². The van der Waals surface area contributed by atoms with Crippen molar-refractivity contribution in [1.82, 2.24) is 4.72 Å². The fourth-order valence-electron chi connectivity index (χ4n) is 2.07. The summed E-state index contributed by atoms with van der Waals surface area (Å²) < 4.78 is 54.7. The van der Waals surface area contributed by atoms with Gasteiger partial charge in [0.2, 0.25) is 10.0 Å². The van der Waals surface area contributed by atoms with Gasteiger partial charge in [-0.1, -0.05) is 0 Å². The van der Waals surface area contributed by atoms with Crippen LogP contribution in [-0.2, 0) is 19.9 Å². The summed E-state index contributed by atoms with van der Waals surface area (Å²) in [5, 5.41) is 0. The molecule has 1 aliphatic rings. The predicted molar refractivity (Wildman–Crippen MR) is 78.4 cm³/mol. The van der Waals surface area contributed by atoms with E-state index in [2.05, 4.69) is 4.72 Å². The van der Waals surface area contributed by atoms with Gasteiger partial charge in [-0.05, 0) is 30.7 Å². The molecule has 0 saturated carbocycles. The first-order valence-corrected chi connectivity index (χ1v) is 9.78. The van der Waals surface area contributed by atoms with Crippen LogP contribution in [0.3, 0.4) is 0 Å². The lowest BCUT2D eigenvalue weighted by Crippen LogP contribution is -2.35. The molecule has 1 aliphatic heterocycles. The van der Waals surface area contributed by atoms with Gasteiger partial charge < -0.3 is 10.5 Å². The van der Waals surface area contributed by atoms with Crippen LogP contribution in [0.4, 0.5) is 0 Å². The van der Waals surface area contributed by atoms with Gasteiger partial charge in [0.1, 0.15) is 12.4 Å². The SMILES string of the molecule is NCCOc1ccc(S(=O)(=O)NC2CCS(=O)(=O)C2)cc1. The molecule has 0 amide bonds. The Morgan fingerprint density at radius 2 is 1.95 bits per heavy atom. The van der Waals surface area contributed by atoms with Crippen molar-refractivity contribution in [1.29, 1.82) is 0 Å². The standard InChI is InChI=1S/C12H18N2O5S2/c13-6-7-19-11-1-3-12(4-2-11)21(17,18)14-10-5-8-20(15,16)9-10/h1-4,10,14H,5-9,13H2. The van der Waals surface area contributed by atoms with E-state index < -0.39 is 25.9 Å². The van der Waals surface area contributed by atoms with E-state index in [0.717, 1.165) is 0 Å². The quantitative estimate of drug-likeness (QED) is 0.724. The first kappa shape index (κ1) is 16.2. The maximum Gasteiger partial charge on any atom is 0.240 e. The molecule has 1 aromatic carbocycles. The zero-order chi connectivity index (χ0) is 15.5. The van der Waals surface area contributed by atoms with Gasteiger partial charge in [-0.15, -0.1) is 0 Å². The Labute approximate surface area is 124 Å². The van der Waals surface area contributed by atoms with E-state index in [9.17, 15) is 16.8 Å². The maximum absolute atomic E-state index is 12.2. The Morgan fingerprint density at radius 3 is 2.48 bits per heavy atom. The van der Waals surface area contributed by atoms with E-state index in [1.54, 1.807) is 0 Å². The average molecular weight is 334 g/mol. The molecule has 1 saturated heterocycles. The Bertz CT molecular complexity index is 683. The van der Waals surface area contributed by atoms with Crippen LogP contribution in [0.2, 0.25) is 0 Å². The topological polar surface area (TPSA) is 116 Å². The summed E-state index contributed by atoms with van der Waals surface area (Å²) in [4.78, 5) is 0.0758. The molecule has 1 fully saturated rings. The lowest BCUT2D eigenvalue weighted by Gasteiger charge is -2.12. The predicted octanol–water partition coefficient (Wildman–Crippen LogP) is -0.510. The lowest BCUT2D eigenvalue weighted by atomic mass is 10.3. The largest absolute Gasteiger partial charge is 0.492 e. The molecular weight excluding hydrogens is 316 g/mol. The molecule has 0 radical (unpaired) electrons. The summed E-state index contributed by atoms with van der Waals surface area (Å²) in [5.74, 6) is 0.401. The highest BCUT2D eigenvalue weighted by Gasteiger charge is 2.31. The van der Waals surface area contributed by atoms with Gasteiger partial charge in [-0.2, -0.15) is 0 Å². The highest BCUT2D eigenvalue weighted by molar-refractivity contribution is 7.92. The third-order valence-electron chi connectivity index (χ3n) is 3.07. The van der Waals surface area contributed by atoms with Gasteiger partial charge in [0.15, 0.2) is 9.84 Å². The fraction of sp³-hybridized carbons (Fsp3) is 0.500. The number of sulfonamides is 1. The molecule has 0 aromatic heterocycles. The second kappa shape index (κ2) is 6.30. The molecule has 1 heterocycles. The molecular formula is C12H18N2O5S2. The monoisotopic (exact) mass is 334 g/mol. The molecule has 0 spiro atoms. The number of nitrogens with two attached hydrogens (primary N) is 1. The minimum Gasteiger partial charge on any atom is -0.492 e. The van der Waals surface area contributed by atoms with Crippen LogP contribution in [0.5, 0.6) is 5.75 Å². The number of ether oxygens (including phenoxy) is 1. The zero-order valence-corrected chi connectivity index (χ0v) is 13.0. The van der Waals surface area contributed by atoms with Gasteiger partial charge in [0.05, 0.1) is 16.4 Å². The van der Waals surface area contributed by atoms with E-state index in [1.165, 1.54) is 24.3 Å². The zero-order valence-electron chi connectivity index (χ0n) is 11.4. The number of sulfone groups is 1. The number of benzene rings is 1. The molecule has 2 rings (SSSR count). The third-order valence-corrected chi connectivity index (χ3v) is 6.38. The number of hydrogen-bond donors (Lipinski definition) is 2. The summed E-state index contributed by atoms with van der Waals surface area (Å²) in [6.45, 7) is 0.724. The molecule has 1 atom stereocenters. The van der Waals surface area contributed by atoms with E-state index in [0.29, 0.717) is 25.3 Å². The minimum absolute atomic E-state index is 0.0199. The van der Waals surface area contributed by atoms with Crippen molar-refractivity contribution >= 4 is 19.9 Å². The Balaban J connectivity index is 2.06. The number of nitrogens with one attached hydrogen (secondary N) is 1. The first-order valence-electron chi connectivity index (χ1n) is 6.48. The molecule has 9 heteroatoms. The van der Waals surface area contributed by atoms with Gasteiger partial charge in [0, 0.05) is 12.6 Å². The van der Waals surface area contributed by atoms with Gasteiger partial charge in [-0.25, -0.2) is 21.6 Å². The van der Waals surface area contributed by atoms with Crippen molar-refractivity contribution in [3.05, 3.63) is 24.3 Å². The average Bonchev–Trinajstić information content (AvgIpc) is 2.75. The van der Waals surface area contributed by atoms with E-state index in [-0.39, 0.29) is 16.4 Å². The van der Waals surface area contributed by atoms with Gasteiger partial charge in [0.25, 0.3) is 0 Å². The molecule has 1 aromatic rings. The van der Waals surface area contributed by atoms with Crippen molar-refractivity contribution in [2.45, 2.75) is 17.4 Å². The summed E-state index contributed by atoms with van der Waals surface area (Å²) in [6.07, 6.45) is 0.305. The molecule has 0 bridgehead atoms. The van der Waals surface area contributed by atoms with Crippen LogP contribution in [0.1, 0.15) is 6.42 Å². The third kappa shape index (κ3) is 4.40. The maximum atomic E-state index is 12.2. The first-order chi connectivity index (χ1) is 9.82. The Kier molecular flexibility index (Phi) is 4.87. The smallest absolute Gasteiger partial charge is 0.240 e. The molecule has 21 heavy (non-hydrogen) atoms. The van der Waals surface area contributed by atoms with Crippen LogP contribution in [0, 0.1) is 0 Å². The van der Waals surface area contributed by atoms with Gasteiger partial charge >= 0.3 is 0 Å². The van der Waals surface area contributed by atoms with E-state index >= 15 is 0 Å². The summed E-state index contributed by atoms with van der Waals surface area (Å²) in [5.41, 5.74) is 5.31. The van der Waals surface area contributed by atoms with Crippen LogP contribution in [0.15, 0.2) is 29.2 Å². The van der Waals surface area contributed by atoms with Crippen LogP contribution in [-0.4, -0.2) is 47.5 Å². The molecule has 0 aliphatic carbocycles. The molecule has 1 unspecified atom stereocenters. The Hall–Kier alpha value is -1.16. The number of rotatable bonds is 6. The van der Waals surface area contributed by atoms with Crippen LogP contribution in [0.25, 0.3) is 0 Å². The van der Waals surface area contributed by atoms with Gasteiger partial charge in [-0.3, -0.25) is 0 Å². The van der Waals surface area contributed by atoms with Crippen molar-refractivity contribution in [2.24, 2.45) is 5.73 Å². The summed E-state index contributed by atoms with van der Waals surface area (Å²) in [6, 6.07) is 5.34. The molecule has 3 N–H and O–H groups in total. The highest BCUT2D eigenvalue weighted by Crippen LogP contribution is 2.18. The second-order valence-corrected chi connectivity index (χ2v) is 8.77. The number of hydrogen-bond acceptors (Lipinski definition) is 6. The highest BCUT2D eigenvalue weighted by atomic mass is 32.2. The molecule has 118 valence electrons. The van der Waals surface area contributed by atoms with E-state index in [1.807, 2.05) is 0 Å². The summed E-state index contributed by atoms with van der Waals surface area (Å²) in [7, 11) is -6.85.